The number of nitrogens with zero attached hydrogens (tertiary/aromatic N) is 1. The van der Waals surface area contributed by atoms with Gasteiger partial charge in [-0.15, -0.1) is 23.7 Å². The summed E-state index contributed by atoms with van der Waals surface area (Å²) in [5, 5.41) is 5.28. The fourth-order valence-corrected chi connectivity index (χ4v) is 3.05. The molecule has 1 aromatic rings. The van der Waals surface area contributed by atoms with Gasteiger partial charge in [-0.25, -0.2) is 0 Å². The van der Waals surface area contributed by atoms with Crippen molar-refractivity contribution in [3.8, 4) is 0 Å². The molecule has 0 radical (unpaired) electrons. The lowest BCUT2D eigenvalue weighted by Gasteiger charge is -2.34. The monoisotopic (exact) mass is 258 g/mol. The van der Waals surface area contributed by atoms with Gasteiger partial charge in [0.05, 0.1) is 5.92 Å². The first-order chi connectivity index (χ1) is 7.34. The molecule has 5 heteroatoms. The first-order valence-electron chi connectivity index (χ1n) is 5.39. The molecule has 1 saturated heterocycles. The van der Waals surface area contributed by atoms with E-state index in [9.17, 15) is 4.79 Å². The van der Waals surface area contributed by atoms with Crippen LogP contribution in [-0.4, -0.2) is 30.4 Å². The average Bonchev–Trinajstić information content (AvgIpc) is 2.61. The molecule has 2 aliphatic heterocycles. The van der Waals surface area contributed by atoms with Crippen LogP contribution in [0.2, 0.25) is 0 Å². The average molecular weight is 259 g/mol. The minimum Gasteiger partial charge on any atom is -0.338 e. The number of hydrogen-bond donors (Lipinski definition) is 1. The summed E-state index contributed by atoms with van der Waals surface area (Å²) in [4.78, 5) is 15.5. The Bertz CT molecular complexity index is 389. The van der Waals surface area contributed by atoms with Crippen molar-refractivity contribution in [2.75, 3.05) is 19.6 Å². The van der Waals surface area contributed by atoms with Crippen molar-refractivity contribution in [2.24, 2.45) is 5.92 Å². The molecule has 0 unspecified atom stereocenters. The summed E-state index contributed by atoms with van der Waals surface area (Å²) < 4.78 is 0. The summed E-state index contributed by atoms with van der Waals surface area (Å²) in [7, 11) is 0. The fourth-order valence-electron chi connectivity index (χ4n) is 2.16. The maximum Gasteiger partial charge on any atom is 0.228 e. The summed E-state index contributed by atoms with van der Waals surface area (Å²) in [5.74, 6) is 0.579. The first-order valence-corrected chi connectivity index (χ1v) is 6.27. The van der Waals surface area contributed by atoms with Crippen molar-refractivity contribution in [1.82, 2.24) is 10.2 Å². The van der Waals surface area contributed by atoms with Crippen LogP contribution in [0.4, 0.5) is 0 Å². The highest BCUT2D eigenvalue weighted by molar-refractivity contribution is 7.10. The molecular formula is C11H15ClN2OS. The number of rotatable bonds is 1. The molecule has 88 valence electrons. The zero-order valence-electron chi connectivity index (χ0n) is 8.94. The summed E-state index contributed by atoms with van der Waals surface area (Å²) >= 11 is 1.82. The van der Waals surface area contributed by atoms with E-state index in [0.29, 0.717) is 5.91 Å². The van der Waals surface area contributed by atoms with Gasteiger partial charge in [0, 0.05) is 31.1 Å². The van der Waals surface area contributed by atoms with E-state index in [0.717, 1.165) is 32.6 Å². The van der Waals surface area contributed by atoms with Gasteiger partial charge in [0.25, 0.3) is 0 Å². The van der Waals surface area contributed by atoms with Crippen molar-refractivity contribution in [3.05, 3.63) is 21.9 Å². The predicted octanol–water partition coefficient (Wildman–Crippen LogP) is 1.27. The van der Waals surface area contributed by atoms with Crippen LogP contribution in [0.25, 0.3) is 0 Å². The molecule has 0 aromatic carbocycles. The Morgan fingerprint density at radius 2 is 2.31 bits per heavy atom. The zero-order valence-corrected chi connectivity index (χ0v) is 10.6. The van der Waals surface area contributed by atoms with Crippen LogP contribution in [0.3, 0.4) is 0 Å². The van der Waals surface area contributed by atoms with Crippen molar-refractivity contribution >= 4 is 29.7 Å². The van der Waals surface area contributed by atoms with Crippen molar-refractivity contribution < 1.29 is 4.79 Å². The Labute approximate surface area is 105 Å². The molecule has 0 saturated carbocycles. The third-order valence-electron chi connectivity index (χ3n) is 3.25. The molecule has 3 nitrogen and oxygen atoms in total. The number of fused-ring (bicyclic) bond motifs is 1. The van der Waals surface area contributed by atoms with Crippen molar-refractivity contribution in [3.63, 3.8) is 0 Å². The molecule has 1 aromatic heterocycles. The second kappa shape index (κ2) is 4.73. The van der Waals surface area contributed by atoms with Gasteiger partial charge in [0.1, 0.15) is 0 Å². The lowest BCUT2D eigenvalue weighted by atomic mass is 10.00. The number of amides is 1. The van der Waals surface area contributed by atoms with E-state index in [1.165, 1.54) is 10.4 Å². The summed E-state index contributed by atoms with van der Waals surface area (Å²) in [6.45, 7) is 3.47. The lowest BCUT2D eigenvalue weighted by Crippen LogP contribution is -2.52. The van der Waals surface area contributed by atoms with Gasteiger partial charge in [-0.1, -0.05) is 0 Å². The van der Waals surface area contributed by atoms with E-state index in [2.05, 4.69) is 16.8 Å². The van der Waals surface area contributed by atoms with Crippen LogP contribution in [-0.2, 0) is 17.8 Å². The maximum absolute atomic E-state index is 12.0. The molecule has 0 bridgehead atoms. The van der Waals surface area contributed by atoms with E-state index in [-0.39, 0.29) is 18.3 Å². The molecular weight excluding hydrogens is 244 g/mol. The third kappa shape index (κ3) is 1.97. The minimum absolute atomic E-state index is 0. The van der Waals surface area contributed by atoms with Crippen LogP contribution >= 0.6 is 23.7 Å². The fraction of sp³-hybridized carbons (Fsp3) is 0.545. The SMILES string of the molecule is Cl.O=C(C1CNC1)N1CCc2sccc2C1. The number of carbonyl (C=O) groups excluding carboxylic acids is 1. The van der Waals surface area contributed by atoms with Crippen LogP contribution in [0.15, 0.2) is 11.4 Å². The first kappa shape index (κ1) is 11.9. The van der Waals surface area contributed by atoms with Gasteiger partial charge < -0.3 is 10.2 Å². The third-order valence-corrected chi connectivity index (χ3v) is 4.27. The Morgan fingerprint density at radius 3 is 3.00 bits per heavy atom. The lowest BCUT2D eigenvalue weighted by molar-refractivity contribution is -0.138. The van der Waals surface area contributed by atoms with E-state index in [4.69, 9.17) is 0 Å². The molecule has 3 heterocycles. The Hall–Kier alpha value is -0.580. The molecule has 1 fully saturated rings. The highest BCUT2D eigenvalue weighted by Crippen LogP contribution is 2.25. The standard InChI is InChI=1S/C11H14N2OS.ClH/c14-11(9-5-12-6-9)13-3-1-10-8(7-13)2-4-15-10;/h2,4,9,12H,1,3,5-7H2;1H. The molecule has 0 spiro atoms. The predicted molar refractivity (Wildman–Crippen MR) is 67.0 cm³/mol. The molecule has 0 atom stereocenters. The molecule has 1 N–H and O–H groups in total. The number of nitrogens with one attached hydrogen (secondary N) is 1. The molecule has 0 aliphatic carbocycles. The Balaban J connectivity index is 0.000000963. The van der Waals surface area contributed by atoms with E-state index >= 15 is 0 Å². The van der Waals surface area contributed by atoms with Gasteiger partial charge in [0.15, 0.2) is 0 Å². The van der Waals surface area contributed by atoms with Gasteiger partial charge in [-0.05, 0) is 23.4 Å². The quantitative estimate of drug-likeness (QED) is 0.823. The maximum atomic E-state index is 12.0. The molecule has 2 aliphatic rings. The van der Waals surface area contributed by atoms with E-state index in [1.54, 1.807) is 0 Å². The molecule has 16 heavy (non-hydrogen) atoms. The van der Waals surface area contributed by atoms with E-state index in [1.807, 2.05) is 16.2 Å². The largest absolute Gasteiger partial charge is 0.338 e. The van der Waals surface area contributed by atoms with Crippen LogP contribution in [0.1, 0.15) is 10.4 Å². The number of thiophene rings is 1. The van der Waals surface area contributed by atoms with Crippen LogP contribution < -0.4 is 5.32 Å². The molecule has 3 rings (SSSR count). The highest BCUT2D eigenvalue weighted by Gasteiger charge is 2.31. The topological polar surface area (TPSA) is 32.3 Å². The minimum atomic E-state index is 0. The van der Waals surface area contributed by atoms with Crippen molar-refractivity contribution in [2.45, 2.75) is 13.0 Å². The van der Waals surface area contributed by atoms with Gasteiger partial charge in [0.2, 0.25) is 5.91 Å². The second-order valence-corrected chi connectivity index (χ2v) is 5.23. The van der Waals surface area contributed by atoms with Gasteiger partial charge in [-0.2, -0.15) is 0 Å². The van der Waals surface area contributed by atoms with Gasteiger partial charge >= 0.3 is 0 Å². The number of carbonyl (C=O) groups is 1. The second-order valence-electron chi connectivity index (χ2n) is 4.23. The molecule has 1 amide bonds. The summed E-state index contributed by atoms with van der Waals surface area (Å²) in [6, 6.07) is 2.15. The highest BCUT2D eigenvalue weighted by atomic mass is 35.5. The Kier molecular flexibility index (Phi) is 3.52. The van der Waals surface area contributed by atoms with Crippen LogP contribution in [0.5, 0.6) is 0 Å². The van der Waals surface area contributed by atoms with Crippen LogP contribution in [0, 0.1) is 5.92 Å². The summed E-state index contributed by atoms with van der Waals surface area (Å²) in [5.41, 5.74) is 1.35. The zero-order chi connectivity index (χ0) is 10.3. The Morgan fingerprint density at radius 1 is 1.50 bits per heavy atom. The number of halogens is 1. The summed E-state index contributed by atoms with van der Waals surface area (Å²) in [6.07, 6.45) is 1.04. The van der Waals surface area contributed by atoms with Crippen molar-refractivity contribution in [1.29, 1.82) is 0 Å². The van der Waals surface area contributed by atoms with E-state index < -0.39 is 0 Å². The number of hydrogen-bond acceptors (Lipinski definition) is 3. The van der Waals surface area contributed by atoms with Gasteiger partial charge in [-0.3, -0.25) is 4.79 Å². The smallest absolute Gasteiger partial charge is 0.228 e. The normalized spacial score (nSPS) is 19.6.